The van der Waals surface area contributed by atoms with Crippen LogP contribution in [-0.4, -0.2) is 19.9 Å². The SMILES string of the molecule is Cc1ccc(-c2cnn(-c3ccc(C)cn3)c2O)cc1. The van der Waals surface area contributed by atoms with E-state index in [1.165, 1.54) is 10.2 Å². The van der Waals surface area contributed by atoms with Crippen LogP contribution in [0.15, 0.2) is 48.8 Å². The Morgan fingerprint density at radius 1 is 0.900 bits per heavy atom. The lowest BCUT2D eigenvalue weighted by Crippen LogP contribution is -1.98. The summed E-state index contributed by atoms with van der Waals surface area (Å²) >= 11 is 0. The van der Waals surface area contributed by atoms with Crippen LogP contribution in [0.3, 0.4) is 0 Å². The van der Waals surface area contributed by atoms with E-state index in [4.69, 9.17) is 0 Å². The third kappa shape index (κ3) is 2.16. The van der Waals surface area contributed by atoms with Crippen molar-refractivity contribution < 1.29 is 5.11 Å². The first-order valence-corrected chi connectivity index (χ1v) is 6.42. The summed E-state index contributed by atoms with van der Waals surface area (Å²) in [5.41, 5.74) is 3.89. The quantitative estimate of drug-likeness (QED) is 0.773. The van der Waals surface area contributed by atoms with Gasteiger partial charge in [0.25, 0.3) is 0 Å². The molecule has 0 spiro atoms. The highest BCUT2D eigenvalue weighted by molar-refractivity contribution is 5.68. The van der Waals surface area contributed by atoms with Crippen molar-refractivity contribution in [2.24, 2.45) is 0 Å². The number of rotatable bonds is 2. The molecule has 0 fully saturated rings. The fourth-order valence-corrected chi connectivity index (χ4v) is 2.03. The molecule has 1 aromatic carbocycles. The fourth-order valence-electron chi connectivity index (χ4n) is 2.03. The molecule has 20 heavy (non-hydrogen) atoms. The molecule has 2 aromatic heterocycles. The number of aryl methyl sites for hydroxylation is 2. The van der Waals surface area contributed by atoms with E-state index >= 15 is 0 Å². The smallest absolute Gasteiger partial charge is 0.223 e. The first-order valence-electron chi connectivity index (χ1n) is 6.42. The fraction of sp³-hybridized carbons (Fsp3) is 0.125. The zero-order valence-electron chi connectivity index (χ0n) is 11.4. The maximum absolute atomic E-state index is 10.3. The number of aromatic nitrogens is 3. The van der Waals surface area contributed by atoms with Crippen LogP contribution >= 0.6 is 0 Å². The Bertz CT molecular complexity index is 664. The molecule has 3 rings (SSSR count). The van der Waals surface area contributed by atoms with Crippen molar-refractivity contribution in [2.75, 3.05) is 0 Å². The molecule has 3 aromatic rings. The van der Waals surface area contributed by atoms with Crippen LogP contribution in [0.25, 0.3) is 16.9 Å². The molecule has 0 aliphatic heterocycles. The first kappa shape index (κ1) is 12.4. The van der Waals surface area contributed by atoms with Gasteiger partial charge >= 0.3 is 0 Å². The average molecular weight is 265 g/mol. The standard InChI is InChI=1S/C16H15N3O/c1-11-3-6-13(7-4-11)14-10-18-19(16(14)20)15-8-5-12(2)9-17-15/h3-10,20H,1-2H3. The number of benzene rings is 1. The minimum Gasteiger partial charge on any atom is -0.493 e. The van der Waals surface area contributed by atoms with Gasteiger partial charge in [0.05, 0.1) is 11.8 Å². The minimum atomic E-state index is 0.102. The monoisotopic (exact) mass is 265 g/mol. The third-order valence-corrected chi connectivity index (χ3v) is 3.22. The number of pyridine rings is 1. The zero-order valence-corrected chi connectivity index (χ0v) is 11.4. The van der Waals surface area contributed by atoms with Gasteiger partial charge in [-0.2, -0.15) is 9.78 Å². The van der Waals surface area contributed by atoms with Gasteiger partial charge in [-0.25, -0.2) is 4.98 Å². The van der Waals surface area contributed by atoms with Gasteiger partial charge in [0.15, 0.2) is 5.82 Å². The second-order valence-corrected chi connectivity index (χ2v) is 4.85. The van der Waals surface area contributed by atoms with Crippen LogP contribution in [0, 0.1) is 13.8 Å². The van der Waals surface area contributed by atoms with Crippen molar-refractivity contribution in [3.63, 3.8) is 0 Å². The zero-order chi connectivity index (χ0) is 14.1. The van der Waals surface area contributed by atoms with Crippen LogP contribution in [0.1, 0.15) is 11.1 Å². The Labute approximate surface area is 117 Å². The first-order chi connectivity index (χ1) is 9.65. The second-order valence-electron chi connectivity index (χ2n) is 4.85. The molecule has 4 heteroatoms. The van der Waals surface area contributed by atoms with Crippen molar-refractivity contribution in [3.05, 3.63) is 59.9 Å². The molecule has 2 heterocycles. The molecule has 100 valence electrons. The Balaban J connectivity index is 2.04. The molecule has 0 radical (unpaired) electrons. The molecular weight excluding hydrogens is 250 g/mol. The van der Waals surface area contributed by atoms with Gasteiger partial charge < -0.3 is 5.11 Å². The molecular formula is C16H15N3O. The summed E-state index contributed by atoms with van der Waals surface area (Å²) in [7, 11) is 0. The number of nitrogens with zero attached hydrogens (tertiary/aromatic N) is 3. The normalized spacial score (nSPS) is 10.7. The van der Waals surface area contributed by atoms with Crippen molar-refractivity contribution in [2.45, 2.75) is 13.8 Å². The highest BCUT2D eigenvalue weighted by atomic mass is 16.3. The third-order valence-electron chi connectivity index (χ3n) is 3.22. The lowest BCUT2D eigenvalue weighted by Gasteiger charge is -2.04. The Morgan fingerprint density at radius 2 is 1.60 bits per heavy atom. The Morgan fingerprint density at radius 3 is 2.25 bits per heavy atom. The summed E-state index contributed by atoms with van der Waals surface area (Å²) in [6.07, 6.45) is 3.41. The summed E-state index contributed by atoms with van der Waals surface area (Å²) in [6, 6.07) is 11.7. The summed E-state index contributed by atoms with van der Waals surface area (Å²) in [4.78, 5) is 4.27. The maximum atomic E-state index is 10.3. The summed E-state index contributed by atoms with van der Waals surface area (Å²) in [5, 5.41) is 14.6. The largest absolute Gasteiger partial charge is 0.493 e. The van der Waals surface area contributed by atoms with Crippen LogP contribution in [0.5, 0.6) is 5.88 Å². The molecule has 0 bridgehead atoms. The minimum absolute atomic E-state index is 0.102. The van der Waals surface area contributed by atoms with Crippen LogP contribution in [-0.2, 0) is 0 Å². The number of hydrogen-bond acceptors (Lipinski definition) is 3. The van der Waals surface area contributed by atoms with E-state index in [9.17, 15) is 5.11 Å². The van der Waals surface area contributed by atoms with E-state index in [0.29, 0.717) is 11.4 Å². The van der Waals surface area contributed by atoms with Gasteiger partial charge in [-0.1, -0.05) is 35.9 Å². The molecule has 0 aliphatic carbocycles. The number of aromatic hydroxyl groups is 1. The second kappa shape index (κ2) is 4.81. The Kier molecular flexibility index (Phi) is 2.99. The predicted molar refractivity (Wildman–Crippen MR) is 77.9 cm³/mol. The van der Waals surface area contributed by atoms with Crippen LogP contribution < -0.4 is 0 Å². The van der Waals surface area contributed by atoms with Crippen molar-refractivity contribution >= 4 is 0 Å². The highest BCUT2D eigenvalue weighted by Gasteiger charge is 2.13. The highest BCUT2D eigenvalue weighted by Crippen LogP contribution is 2.30. The summed E-state index contributed by atoms with van der Waals surface area (Å²) < 4.78 is 1.44. The van der Waals surface area contributed by atoms with Gasteiger partial charge in [0.2, 0.25) is 5.88 Å². The lowest BCUT2D eigenvalue weighted by molar-refractivity contribution is 0.433. The van der Waals surface area contributed by atoms with Gasteiger partial charge in [0, 0.05) is 6.20 Å². The van der Waals surface area contributed by atoms with E-state index in [0.717, 1.165) is 11.1 Å². The van der Waals surface area contributed by atoms with Crippen molar-refractivity contribution in [3.8, 4) is 22.8 Å². The van der Waals surface area contributed by atoms with E-state index in [2.05, 4.69) is 10.1 Å². The number of hydrogen-bond donors (Lipinski definition) is 1. The molecule has 0 amide bonds. The van der Waals surface area contributed by atoms with E-state index in [1.54, 1.807) is 12.4 Å². The molecule has 0 atom stereocenters. The van der Waals surface area contributed by atoms with Crippen molar-refractivity contribution in [1.29, 1.82) is 0 Å². The van der Waals surface area contributed by atoms with Gasteiger partial charge in [-0.05, 0) is 31.0 Å². The van der Waals surface area contributed by atoms with Crippen LogP contribution in [0.4, 0.5) is 0 Å². The average Bonchev–Trinajstić information content (AvgIpc) is 2.83. The molecule has 0 saturated heterocycles. The molecule has 1 N–H and O–H groups in total. The summed E-state index contributed by atoms with van der Waals surface area (Å²) in [6.45, 7) is 4.00. The van der Waals surface area contributed by atoms with Gasteiger partial charge in [-0.15, -0.1) is 0 Å². The van der Waals surface area contributed by atoms with Gasteiger partial charge in [-0.3, -0.25) is 0 Å². The van der Waals surface area contributed by atoms with E-state index in [1.807, 2.05) is 50.2 Å². The summed E-state index contributed by atoms with van der Waals surface area (Å²) in [5.74, 6) is 0.705. The molecule has 0 aliphatic rings. The van der Waals surface area contributed by atoms with E-state index in [-0.39, 0.29) is 5.88 Å². The molecule has 0 saturated carbocycles. The molecule has 4 nitrogen and oxygen atoms in total. The Hall–Kier alpha value is -2.62. The van der Waals surface area contributed by atoms with Crippen molar-refractivity contribution in [1.82, 2.24) is 14.8 Å². The maximum Gasteiger partial charge on any atom is 0.223 e. The van der Waals surface area contributed by atoms with E-state index < -0.39 is 0 Å². The topological polar surface area (TPSA) is 50.9 Å². The van der Waals surface area contributed by atoms with Crippen LogP contribution in [0.2, 0.25) is 0 Å². The molecule has 0 unspecified atom stereocenters. The van der Waals surface area contributed by atoms with Gasteiger partial charge in [0.1, 0.15) is 0 Å². The lowest BCUT2D eigenvalue weighted by atomic mass is 10.1. The predicted octanol–water partition coefficient (Wildman–Crippen LogP) is 3.26.